The van der Waals surface area contributed by atoms with Gasteiger partial charge in [-0.25, -0.2) is 4.79 Å². The van der Waals surface area contributed by atoms with Crippen LogP contribution in [0.15, 0.2) is 48.2 Å². The van der Waals surface area contributed by atoms with Crippen LogP contribution in [0.5, 0.6) is 5.75 Å². The number of rotatable bonds is 7. The summed E-state index contributed by atoms with van der Waals surface area (Å²) in [5.74, 6) is 1.32. The number of anilines is 1. The summed E-state index contributed by atoms with van der Waals surface area (Å²) in [6.45, 7) is 4.03. The number of amides is 2. The van der Waals surface area contributed by atoms with E-state index in [9.17, 15) is 4.79 Å². The van der Waals surface area contributed by atoms with Crippen molar-refractivity contribution >= 4 is 17.9 Å². The molecule has 2 amide bonds. The fraction of sp³-hybridized carbons (Fsp3) is 0.409. The number of urea groups is 1. The molecule has 7 nitrogen and oxygen atoms in total. The topological polar surface area (TPSA) is 76.6 Å². The number of nitrogens with zero attached hydrogens (tertiary/aromatic N) is 3. The zero-order chi connectivity index (χ0) is 20.5. The van der Waals surface area contributed by atoms with Crippen molar-refractivity contribution in [3.8, 4) is 5.75 Å². The number of aromatic nitrogens is 2. The standard InChI is InChI=1S/C22H28N4O3/c1-3-19(16-28-2)29-20-7-4-6-18(15-20)14-17-9-12-26(13-10-17)22(27)24-21-8-5-11-23-25-21/h4-8,11,14-15,19H,3,9-10,12-13,16H2,1-2H3,(H,24,25,27). The van der Waals surface area contributed by atoms with Gasteiger partial charge in [0.15, 0.2) is 5.82 Å². The molecule has 2 aromatic rings. The molecule has 1 atom stereocenters. The molecule has 1 aliphatic heterocycles. The highest BCUT2D eigenvalue weighted by molar-refractivity contribution is 5.88. The normalized spacial score (nSPS) is 15.0. The van der Waals surface area contributed by atoms with Gasteiger partial charge in [0.25, 0.3) is 0 Å². The number of ether oxygens (including phenoxy) is 2. The first kappa shape index (κ1) is 20.8. The Morgan fingerprint density at radius 3 is 2.79 bits per heavy atom. The maximum absolute atomic E-state index is 12.4. The smallest absolute Gasteiger partial charge is 0.323 e. The molecule has 3 rings (SSSR count). The van der Waals surface area contributed by atoms with E-state index in [-0.39, 0.29) is 12.1 Å². The summed E-state index contributed by atoms with van der Waals surface area (Å²) in [7, 11) is 1.69. The summed E-state index contributed by atoms with van der Waals surface area (Å²) >= 11 is 0. The molecule has 0 radical (unpaired) electrons. The van der Waals surface area contributed by atoms with Crippen LogP contribution in [0.4, 0.5) is 10.6 Å². The molecule has 1 saturated heterocycles. The van der Waals surface area contributed by atoms with Crippen molar-refractivity contribution in [2.45, 2.75) is 32.3 Å². The largest absolute Gasteiger partial charge is 0.488 e. The van der Waals surface area contributed by atoms with Gasteiger partial charge in [0.2, 0.25) is 0 Å². The number of likely N-dealkylation sites (tertiary alicyclic amines) is 1. The number of piperidine rings is 1. The van der Waals surface area contributed by atoms with Gasteiger partial charge >= 0.3 is 6.03 Å². The average molecular weight is 396 g/mol. The molecule has 1 unspecified atom stereocenters. The van der Waals surface area contributed by atoms with E-state index in [2.05, 4.69) is 40.6 Å². The second-order valence-electron chi connectivity index (χ2n) is 7.00. The van der Waals surface area contributed by atoms with Crippen LogP contribution in [0.3, 0.4) is 0 Å². The summed E-state index contributed by atoms with van der Waals surface area (Å²) in [5, 5.41) is 10.4. The Kier molecular flexibility index (Phi) is 7.58. The van der Waals surface area contributed by atoms with Crippen LogP contribution in [0, 0.1) is 0 Å². The average Bonchev–Trinajstić information content (AvgIpc) is 2.75. The Balaban J connectivity index is 1.55. The molecule has 0 bridgehead atoms. The van der Waals surface area contributed by atoms with Gasteiger partial charge in [-0.2, -0.15) is 5.10 Å². The van der Waals surface area contributed by atoms with Crippen LogP contribution < -0.4 is 10.1 Å². The van der Waals surface area contributed by atoms with E-state index in [1.165, 1.54) is 5.57 Å². The predicted molar refractivity (Wildman–Crippen MR) is 113 cm³/mol. The Hall–Kier alpha value is -2.93. The summed E-state index contributed by atoms with van der Waals surface area (Å²) < 4.78 is 11.2. The minimum atomic E-state index is -0.135. The maximum Gasteiger partial charge on any atom is 0.323 e. The van der Waals surface area contributed by atoms with Crippen LogP contribution in [-0.2, 0) is 4.74 Å². The van der Waals surface area contributed by atoms with Gasteiger partial charge in [-0.1, -0.05) is 30.7 Å². The van der Waals surface area contributed by atoms with Crippen LogP contribution in [-0.4, -0.2) is 54.0 Å². The van der Waals surface area contributed by atoms with Gasteiger partial charge < -0.3 is 14.4 Å². The van der Waals surface area contributed by atoms with Gasteiger partial charge in [0.05, 0.1) is 6.61 Å². The number of methoxy groups -OCH3 is 1. The number of hydrogen-bond donors (Lipinski definition) is 1. The van der Waals surface area contributed by atoms with Crippen molar-refractivity contribution in [3.05, 3.63) is 53.7 Å². The molecule has 29 heavy (non-hydrogen) atoms. The van der Waals surface area contributed by atoms with Crippen LogP contribution >= 0.6 is 0 Å². The lowest BCUT2D eigenvalue weighted by Crippen LogP contribution is -2.39. The molecular weight excluding hydrogens is 368 g/mol. The molecule has 0 spiro atoms. The van der Waals surface area contributed by atoms with Crippen molar-refractivity contribution in [1.82, 2.24) is 15.1 Å². The van der Waals surface area contributed by atoms with Gasteiger partial charge in [0.1, 0.15) is 11.9 Å². The molecule has 1 fully saturated rings. The van der Waals surface area contributed by atoms with Gasteiger partial charge in [-0.15, -0.1) is 5.10 Å². The lowest BCUT2D eigenvalue weighted by Gasteiger charge is -2.28. The Labute approximate surface area is 171 Å². The zero-order valence-electron chi connectivity index (χ0n) is 17.0. The van der Waals surface area contributed by atoms with E-state index in [1.54, 1.807) is 25.4 Å². The lowest BCUT2D eigenvalue weighted by molar-refractivity contribution is 0.0788. The Bertz CT molecular complexity index is 816. The van der Waals surface area contributed by atoms with E-state index in [4.69, 9.17) is 9.47 Å². The molecule has 1 N–H and O–H groups in total. The van der Waals surface area contributed by atoms with Crippen molar-refractivity contribution in [2.75, 3.05) is 32.1 Å². The van der Waals surface area contributed by atoms with Crippen molar-refractivity contribution in [3.63, 3.8) is 0 Å². The summed E-state index contributed by atoms with van der Waals surface area (Å²) in [6.07, 6.45) is 6.42. The summed E-state index contributed by atoms with van der Waals surface area (Å²) in [4.78, 5) is 14.2. The van der Waals surface area contributed by atoms with Crippen molar-refractivity contribution in [2.24, 2.45) is 0 Å². The Morgan fingerprint density at radius 1 is 1.28 bits per heavy atom. The minimum absolute atomic E-state index is 0.0546. The highest BCUT2D eigenvalue weighted by Crippen LogP contribution is 2.23. The number of benzene rings is 1. The first-order valence-electron chi connectivity index (χ1n) is 9.96. The van der Waals surface area contributed by atoms with E-state index >= 15 is 0 Å². The first-order chi connectivity index (χ1) is 14.2. The summed E-state index contributed by atoms with van der Waals surface area (Å²) in [5.41, 5.74) is 2.44. The second-order valence-corrected chi connectivity index (χ2v) is 7.00. The fourth-order valence-corrected chi connectivity index (χ4v) is 3.23. The van der Waals surface area contributed by atoms with Crippen molar-refractivity contribution in [1.29, 1.82) is 0 Å². The number of hydrogen-bond acceptors (Lipinski definition) is 5. The third-order valence-corrected chi connectivity index (χ3v) is 4.84. The second kappa shape index (κ2) is 10.6. The molecule has 1 aromatic carbocycles. The first-order valence-corrected chi connectivity index (χ1v) is 9.96. The molecule has 7 heteroatoms. The van der Waals surface area contributed by atoms with Crippen LogP contribution in [0.25, 0.3) is 6.08 Å². The minimum Gasteiger partial charge on any atom is -0.488 e. The highest BCUT2D eigenvalue weighted by Gasteiger charge is 2.19. The highest BCUT2D eigenvalue weighted by atomic mass is 16.5. The quantitative estimate of drug-likeness (QED) is 0.766. The van der Waals surface area contributed by atoms with E-state index < -0.39 is 0 Å². The fourth-order valence-electron chi connectivity index (χ4n) is 3.23. The lowest BCUT2D eigenvalue weighted by atomic mass is 10.0. The summed E-state index contributed by atoms with van der Waals surface area (Å²) in [6, 6.07) is 11.4. The SMILES string of the molecule is CCC(COC)Oc1cccc(C=C2CCN(C(=O)Nc3cccnn3)CC2)c1. The molecular formula is C22H28N4O3. The third-order valence-electron chi connectivity index (χ3n) is 4.84. The van der Waals surface area contributed by atoms with E-state index in [0.717, 1.165) is 30.6 Å². The number of carbonyl (C=O) groups excluding carboxylic acids is 1. The van der Waals surface area contributed by atoms with Gasteiger partial charge in [-0.3, -0.25) is 5.32 Å². The number of carbonyl (C=O) groups is 1. The monoisotopic (exact) mass is 396 g/mol. The molecule has 0 saturated carbocycles. The van der Waals surface area contributed by atoms with Crippen LogP contribution in [0.1, 0.15) is 31.7 Å². The van der Waals surface area contributed by atoms with Gasteiger partial charge in [-0.05, 0) is 49.1 Å². The van der Waals surface area contributed by atoms with Gasteiger partial charge in [0, 0.05) is 26.4 Å². The number of nitrogens with one attached hydrogen (secondary N) is 1. The molecule has 154 valence electrons. The zero-order valence-corrected chi connectivity index (χ0v) is 17.0. The molecule has 1 aromatic heterocycles. The molecule has 2 heterocycles. The predicted octanol–water partition coefficient (Wildman–Crippen LogP) is 3.99. The maximum atomic E-state index is 12.4. The third kappa shape index (κ3) is 6.29. The van der Waals surface area contributed by atoms with Crippen LogP contribution in [0.2, 0.25) is 0 Å². The molecule has 1 aliphatic rings. The van der Waals surface area contributed by atoms with Crippen molar-refractivity contribution < 1.29 is 14.3 Å². The van der Waals surface area contributed by atoms with E-state index in [1.807, 2.05) is 17.0 Å². The Morgan fingerprint density at radius 2 is 2.10 bits per heavy atom. The van der Waals surface area contributed by atoms with E-state index in [0.29, 0.717) is 25.5 Å². The molecule has 0 aliphatic carbocycles.